The highest BCUT2D eigenvalue weighted by molar-refractivity contribution is 9.10. The summed E-state index contributed by atoms with van der Waals surface area (Å²) in [5.74, 6) is 0.993. The van der Waals surface area contributed by atoms with Gasteiger partial charge in [-0.2, -0.15) is 0 Å². The molecule has 0 heterocycles. The lowest BCUT2D eigenvalue weighted by Crippen LogP contribution is -2.00. The van der Waals surface area contributed by atoms with Crippen LogP contribution >= 0.6 is 27.7 Å². The van der Waals surface area contributed by atoms with Crippen molar-refractivity contribution in [2.75, 3.05) is 5.75 Å². The van der Waals surface area contributed by atoms with Crippen molar-refractivity contribution < 1.29 is 4.79 Å². The third-order valence-electron chi connectivity index (χ3n) is 3.52. The van der Waals surface area contributed by atoms with Gasteiger partial charge >= 0.3 is 0 Å². The number of halogens is 1. The number of carbonyl (C=O) groups is 1. The Hall–Kier alpha value is -0.280. The van der Waals surface area contributed by atoms with Crippen LogP contribution in [0.15, 0.2) is 33.6 Å². The Morgan fingerprint density at radius 2 is 1.52 bits per heavy atom. The van der Waals surface area contributed by atoms with Gasteiger partial charge < -0.3 is 0 Å². The molecule has 21 heavy (non-hydrogen) atoms. The zero-order valence-corrected chi connectivity index (χ0v) is 15.5. The summed E-state index contributed by atoms with van der Waals surface area (Å²) in [6.07, 6.45) is 11.1. The van der Waals surface area contributed by atoms with Crippen LogP contribution < -0.4 is 0 Å². The minimum absolute atomic E-state index is 0.383. The molecule has 0 saturated carbocycles. The molecule has 0 aromatic heterocycles. The van der Waals surface area contributed by atoms with Crippen LogP contribution in [0.25, 0.3) is 0 Å². The summed E-state index contributed by atoms with van der Waals surface area (Å²) in [4.78, 5) is 13.0. The fourth-order valence-corrected chi connectivity index (χ4v) is 3.29. The molecule has 0 spiro atoms. The van der Waals surface area contributed by atoms with E-state index >= 15 is 0 Å². The molecule has 3 heteroatoms. The van der Waals surface area contributed by atoms with Gasteiger partial charge in [0.25, 0.3) is 0 Å². The highest BCUT2D eigenvalue weighted by Gasteiger charge is 2.03. The van der Waals surface area contributed by atoms with E-state index in [-0.39, 0.29) is 0 Å². The smallest absolute Gasteiger partial charge is 0.143 e. The maximum Gasteiger partial charge on any atom is 0.143 e. The molecule has 0 bridgehead atoms. The number of hydrogen-bond acceptors (Lipinski definition) is 2. The molecular weight excluding hydrogens is 344 g/mol. The minimum Gasteiger partial charge on any atom is -0.299 e. The number of thioether (sulfide) groups is 1. The zero-order valence-electron chi connectivity index (χ0n) is 13.1. The van der Waals surface area contributed by atoms with Gasteiger partial charge in [0, 0.05) is 15.8 Å². The van der Waals surface area contributed by atoms with Crippen molar-refractivity contribution in [3.8, 4) is 0 Å². The number of unbranched alkanes of at least 4 members (excludes halogenated alkanes) is 7. The summed E-state index contributed by atoms with van der Waals surface area (Å²) in [6.45, 7) is 2.25. The molecule has 1 nitrogen and oxygen atoms in total. The van der Waals surface area contributed by atoms with E-state index in [0.29, 0.717) is 11.5 Å². The van der Waals surface area contributed by atoms with Crippen LogP contribution in [0.1, 0.15) is 64.7 Å². The molecule has 1 aromatic carbocycles. The average Bonchev–Trinajstić information content (AvgIpc) is 2.49. The largest absolute Gasteiger partial charge is 0.299 e. The summed E-state index contributed by atoms with van der Waals surface area (Å²) in [7, 11) is 0. The normalized spacial score (nSPS) is 10.8. The first-order valence-corrected chi connectivity index (χ1v) is 9.90. The monoisotopic (exact) mass is 370 g/mol. The van der Waals surface area contributed by atoms with Crippen LogP contribution in [0.4, 0.5) is 0 Å². The Morgan fingerprint density at radius 1 is 0.952 bits per heavy atom. The molecule has 0 saturated heterocycles. The van der Waals surface area contributed by atoms with Gasteiger partial charge in [-0.1, -0.05) is 67.8 Å². The molecule has 0 fully saturated rings. The minimum atomic E-state index is 0.383. The Morgan fingerprint density at radius 3 is 2.14 bits per heavy atom. The predicted molar refractivity (Wildman–Crippen MR) is 97.1 cm³/mol. The molecule has 0 unspecified atom stereocenters. The van der Waals surface area contributed by atoms with Gasteiger partial charge in [-0.15, -0.1) is 11.8 Å². The SMILES string of the molecule is CCCCCCCCCCC(=O)CSc1ccc(Br)cc1. The van der Waals surface area contributed by atoms with Gasteiger partial charge in [0.2, 0.25) is 0 Å². The second kappa shape index (κ2) is 12.3. The van der Waals surface area contributed by atoms with Crippen LogP contribution in [0.3, 0.4) is 0 Å². The van der Waals surface area contributed by atoms with Crippen molar-refractivity contribution in [2.45, 2.75) is 69.6 Å². The van der Waals surface area contributed by atoms with Crippen molar-refractivity contribution in [1.82, 2.24) is 0 Å². The van der Waals surface area contributed by atoms with Crippen molar-refractivity contribution in [3.05, 3.63) is 28.7 Å². The summed E-state index contributed by atoms with van der Waals surface area (Å²) >= 11 is 5.06. The second-order valence-corrected chi connectivity index (χ2v) is 7.47. The maximum absolute atomic E-state index is 11.8. The average molecular weight is 371 g/mol. The first-order valence-electron chi connectivity index (χ1n) is 8.12. The Labute approximate surface area is 142 Å². The van der Waals surface area contributed by atoms with E-state index in [0.717, 1.165) is 17.3 Å². The highest BCUT2D eigenvalue weighted by atomic mass is 79.9. The fourth-order valence-electron chi connectivity index (χ4n) is 2.22. The lowest BCUT2D eigenvalue weighted by atomic mass is 10.1. The Bertz CT molecular complexity index is 389. The van der Waals surface area contributed by atoms with E-state index in [1.165, 1.54) is 49.8 Å². The number of carbonyl (C=O) groups excluding carboxylic acids is 1. The first-order chi connectivity index (χ1) is 10.2. The van der Waals surface area contributed by atoms with Crippen LogP contribution in [0, 0.1) is 0 Å². The van der Waals surface area contributed by atoms with Crippen LogP contribution in [0.5, 0.6) is 0 Å². The van der Waals surface area contributed by atoms with Gasteiger partial charge in [0.05, 0.1) is 5.75 Å². The van der Waals surface area contributed by atoms with E-state index < -0.39 is 0 Å². The maximum atomic E-state index is 11.8. The summed E-state index contributed by atoms with van der Waals surface area (Å²) in [5, 5.41) is 0. The quantitative estimate of drug-likeness (QED) is 0.303. The first kappa shape index (κ1) is 18.8. The summed E-state index contributed by atoms with van der Waals surface area (Å²) in [5.41, 5.74) is 0. The van der Waals surface area contributed by atoms with Gasteiger partial charge in [0.15, 0.2) is 0 Å². The second-order valence-electron chi connectivity index (χ2n) is 5.51. The van der Waals surface area contributed by atoms with Gasteiger partial charge in [0.1, 0.15) is 5.78 Å². The fraction of sp³-hybridized carbons (Fsp3) is 0.611. The Balaban J connectivity index is 1.97. The summed E-state index contributed by atoms with van der Waals surface area (Å²) in [6, 6.07) is 8.15. The van der Waals surface area contributed by atoms with Crippen molar-refractivity contribution in [3.63, 3.8) is 0 Å². The molecule has 0 N–H and O–H groups in total. The number of rotatable bonds is 12. The molecular formula is C18H27BrOS. The van der Waals surface area contributed by atoms with E-state index in [9.17, 15) is 4.79 Å². The lowest BCUT2D eigenvalue weighted by Gasteiger charge is -2.03. The number of hydrogen-bond donors (Lipinski definition) is 0. The van der Waals surface area contributed by atoms with E-state index in [1.54, 1.807) is 11.8 Å². The topological polar surface area (TPSA) is 17.1 Å². The summed E-state index contributed by atoms with van der Waals surface area (Å²) < 4.78 is 1.08. The van der Waals surface area contributed by atoms with Gasteiger partial charge in [-0.05, 0) is 30.7 Å². The van der Waals surface area contributed by atoms with Crippen LogP contribution in [-0.2, 0) is 4.79 Å². The van der Waals surface area contributed by atoms with E-state index in [2.05, 4.69) is 35.0 Å². The molecule has 1 aromatic rings. The Kier molecular flexibility index (Phi) is 11.0. The van der Waals surface area contributed by atoms with Gasteiger partial charge in [-0.25, -0.2) is 0 Å². The molecule has 0 amide bonds. The molecule has 0 atom stereocenters. The third kappa shape index (κ3) is 10.1. The highest BCUT2D eigenvalue weighted by Crippen LogP contribution is 2.21. The van der Waals surface area contributed by atoms with Crippen molar-refractivity contribution in [1.29, 1.82) is 0 Å². The predicted octanol–water partition coefficient (Wildman–Crippen LogP) is 6.64. The number of ketones is 1. The number of benzene rings is 1. The molecule has 0 aliphatic heterocycles. The molecule has 0 aliphatic carbocycles. The van der Waals surface area contributed by atoms with Crippen molar-refractivity contribution in [2.24, 2.45) is 0 Å². The zero-order chi connectivity index (χ0) is 15.3. The van der Waals surface area contributed by atoms with E-state index in [1.807, 2.05) is 12.1 Å². The molecule has 0 radical (unpaired) electrons. The lowest BCUT2D eigenvalue weighted by molar-refractivity contribution is -0.116. The molecule has 118 valence electrons. The molecule has 1 rings (SSSR count). The van der Waals surface area contributed by atoms with Crippen LogP contribution in [0.2, 0.25) is 0 Å². The van der Waals surface area contributed by atoms with Crippen LogP contribution in [-0.4, -0.2) is 11.5 Å². The van der Waals surface area contributed by atoms with E-state index in [4.69, 9.17) is 0 Å². The van der Waals surface area contributed by atoms with Crippen molar-refractivity contribution >= 4 is 33.5 Å². The van der Waals surface area contributed by atoms with Gasteiger partial charge in [-0.3, -0.25) is 4.79 Å². The third-order valence-corrected chi connectivity index (χ3v) is 5.12. The standard InChI is InChI=1S/C18H27BrOS/c1-2-3-4-5-6-7-8-9-10-17(20)15-21-18-13-11-16(19)12-14-18/h11-14H,2-10,15H2,1H3. The molecule has 0 aliphatic rings. The number of Topliss-reactive ketones (excluding diaryl/α,β-unsaturated/α-hetero) is 1.